The minimum Gasteiger partial charge on any atom is -0.0683 e. The van der Waals surface area contributed by atoms with Crippen molar-refractivity contribution in [3.8, 4) is 0 Å². The molecule has 0 aromatic carbocycles. The van der Waals surface area contributed by atoms with Gasteiger partial charge < -0.3 is 0 Å². The van der Waals surface area contributed by atoms with Crippen LogP contribution in [0.15, 0.2) is 0 Å². The molecule has 2 fully saturated rings. The molecule has 0 heterocycles. The highest BCUT2D eigenvalue weighted by molar-refractivity contribution is 4.90. The molecular weight excluding hydrogens is 216 g/mol. The Kier molecular flexibility index (Phi) is 9.87. The van der Waals surface area contributed by atoms with E-state index in [9.17, 15) is 0 Å². The highest BCUT2D eigenvalue weighted by Gasteiger charge is 2.38. The highest BCUT2D eigenvalue weighted by Crippen LogP contribution is 2.51. The third kappa shape index (κ3) is 4.94. The van der Waals surface area contributed by atoms with E-state index in [4.69, 9.17) is 0 Å². The molecule has 2 aliphatic carbocycles. The number of rotatable bonds is 1. The summed E-state index contributed by atoms with van der Waals surface area (Å²) in [5.74, 6) is 2.05. The summed E-state index contributed by atoms with van der Waals surface area (Å²) in [4.78, 5) is 0. The maximum Gasteiger partial charge on any atom is -0.0295 e. The maximum atomic E-state index is 2.50. The fourth-order valence-corrected chi connectivity index (χ4v) is 4.09. The van der Waals surface area contributed by atoms with Crippen LogP contribution in [0.1, 0.15) is 99.3 Å². The third-order valence-electron chi connectivity index (χ3n) is 5.04. The predicted molar refractivity (Wildman–Crippen MR) is 85.0 cm³/mol. The largest absolute Gasteiger partial charge is 0.0683 e. The van der Waals surface area contributed by atoms with E-state index in [1.54, 1.807) is 25.7 Å². The van der Waals surface area contributed by atoms with Gasteiger partial charge in [0.1, 0.15) is 0 Å². The summed E-state index contributed by atoms with van der Waals surface area (Å²) in [6, 6.07) is 0. The van der Waals surface area contributed by atoms with Gasteiger partial charge in [0.2, 0.25) is 0 Å². The lowest BCUT2D eigenvalue weighted by Crippen LogP contribution is -2.34. The molecule has 0 nitrogen and oxygen atoms in total. The maximum absolute atomic E-state index is 2.50. The molecule has 0 radical (unpaired) electrons. The van der Waals surface area contributed by atoms with Crippen LogP contribution in [0.5, 0.6) is 0 Å². The zero-order chi connectivity index (χ0) is 14.0. The Balaban J connectivity index is 0.000000659. The van der Waals surface area contributed by atoms with E-state index in [0.29, 0.717) is 0 Å². The van der Waals surface area contributed by atoms with E-state index in [0.717, 1.165) is 17.3 Å². The Bertz CT molecular complexity index is 176. The van der Waals surface area contributed by atoms with Crippen molar-refractivity contribution in [2.24, 2.45) is 17.3 Å². The number of hydrogen-bond donors (Lipinski definition) is 0. The normalized spacial score (nSPS) is 29.7. The molecule has 110 valence electrons. The van der Waals surface area contributed by atoms with Gasteiger partial charge in [-0.05, 0) is 49.4 Å². The Morgan fingerprint density at radius 2 is 1.44 bits per heavy atom. The van der Waals surface area contributed by atoms with Crippen molar-refractivity contribution in [2.75, 3.05) is 0 Å². The van der Waals surface area contributed by atoms with Crippen molar-refractivity contribution in [1.82, 2.24) is 0 Å². The van der Waals surface area contributed by atoms with Crippen LogP contribution in [0.3, 0.4) is 0 Å². The average Bonchev–Trinajstić information content (AvgIpc) is 2.44. The minimum atomic E-state index is 0.809. The second kappa shape index (κ2) is 9.87. The summed E-state index contributed by atoms with van der Waals surface area (Å²) in [6.45, 7) is 12.9. The Hall–Kier alpha value is 0. The average molecular weight is 255 g/mol. The lowest BCUT2D eigenvalue weighted by atomic mass is 9.60. The standard InChI is InChI=1S/C14H26.2C2H6/c1-3-13-7-10-14(11-12(13)2)8-5-4-6-9-14;2*1-2/h12-13H,3-11H2,1-2H3;2*1-2H3. The number of hydrogen-bond acceptors (Lipinski definition) is 0. The predicted octanol–water partition coefficient (Wildman–Crippen LogP) is 6.84. The van der Waals surface area contributed by atoms with Gasteiger partial charge in [0.05, 0.1) is 0 Å². The SMILES string of the molecule is CC.CC.CCC1CCC2(CCCCC2)CC1C. The zero-order valence-corrected chi connectivity index (χ0v) is 14.0. The molecule has 2 unspecified atom stereocenters. The molecule has 1 spiro atoms. The molecule has 0 saturated heterocycles. The second-order valence-electron chi connectivity index (χ2n) is 5.95. The molecule has 0 bridgehead atoms. The van der Waals surface area contributed by atoms with Gasteiger partial charge in [0.15, 0.2) is 0 Å². The van der Waals surface area contributed by atoms with E-state index in [1.807, 2.05) is 27.7 Å². The van der Waals surface area contributed by atoms with Gasteiger partial charge in [-0.3, -0.25) is 0 Å². The van der Waals surface area contributed by atoms with Gasteiger partial charge >= 0.3 is 0 Å². The van der Waals surface area contributed by atoms with Crippen molar-refractivity contribution in [3.63, 3.8) is 0 Å². The third-order valence-corrected chi connectivity index (χ3v) is 5.04. The molecule has 2 aliphatic rings. The van der Waals surface area contributed by atoms with Crippen LogP contribution in [0, 0.1) is 17.3 Å². The molecular formula is C18H38. The summed E-state index contributed by atoms with van der Waals surface area (Å²) in [6.07, 6.45) is 13.7. The highest BCUT2D eigenvalue weighted by atomic mass is 14.4. The first-order valence-corrected chi connectivity index (χ1v) is 8.76. The first kappa shape index (κ1) is 18.0. The lowest BCUT2D eigenvalue weighted by Gasteiger charge is -2.46. The smallest absolute Gasteiger partial charge is 0.0295 e. The van der Waals surface area contributed by atoms with Crippen LogP contribution >= 0.6 is 0 Å². The van der Waals surface area contributed by atoms with Crippen LogP contribution in [-0.4, -0.2) is 0 Å². The zero-order valence-electron chi connectivity index (χ0n) is 14.0. The molecule has 0 amide bonds. The van der Waals surface area contributed by atoms with Gasteiger partial charge in [0.25, 0.3) is 0 Å². The Labute approximate surface area is 117 Å². The molecule has 0 heteroatoms. The quantitative estimate of drug-likeness (QED) is 0.481. The van der Waals surface area contributed by atoms with E-state index in [1.165, 1.54) is 32.1 Å². The van der Waals surface area contributed by atoms with Gasteiger partial charge in [0, 0.05) is 0 Å². The summed E-state index contributed by atoms with van der Waals surface area (Å²) < 4.78 is 0. The molecule has 0 aromatic heterocycles. The van der Waals surface area contributed by atoms with Crippen LogP contribution in [0.4, 0.5) is 0 Å². The van der Waals surface area contributed by atoms with Crippen LogP contribution in [0.25, 0.3) is 0 Å². The first-order valence-electron chi connectivity index (χ1n) is 8.76. The molecule has 2 atom stereocenters. The van der Waals surface area contributed by atoms with E-state index in [-0.39, 0.29) is 0 Å². The topological polar surface area (TPSA) is 0 Å². The Morgan fingerprint density at radius 3 is 1.89 bits per heavy atom. The molecule has 0 aliphatic heterocycles. The fraction of sp³-hybridized carbons (Fsp3) is 1.00. The van der Waals surface area contributed by atoms with Gasteiger partial charge in [-0.2, -0.15) is 0 Å². The molecule has 18 heavy (non-hydrogen) atoms. The van der Waals surface area contributed by atoms with Crippen LogP contribution in [0.2, 0.25) is 0 Å². The summed E-state index contributed by atoms with van der Waals surface area (Å²) >= 11 is 0. The van der Waals surface area contributed by atoms with Gasteiger partial charge in [-0.15, -0.1) is 0 Å². The van der Waals surface area contributed by atoms with E-state index in [2.05, 4.69) is 13.8 Å². The van der Waals surface area contributed by atoms with Crippen molar-refractivity contribution < 1.29 is 0 Å². The Morgan fingerprint density at radius 1 is 0.889 bits per heavy atom. The minimum absolute atomic E-state index is 0.809. The lowest BCUT2D eigenvalue weighted by molar-refractivity contribution is 0.0566. The van der Waals surface area contributed by atoms with Crippen molar-refractivity contribution in [1.29, 1.82) is 0 Å². The molecule has 2 rings (SSSR count). The fourth-order valence-electron chi connectivity index (χ4n) is 4.09. The van der Waals surface area contributed by atoms with Crippen molar-refractivity contribution in [2.45, 2.75) is 99.3 Å². The van der Waals surface area contributed by atoms with E-state index < -0.39 is 0 Å². The van der Waals surface area contributed by atoms with Gasteiger partial charge in [-0.1, -0.05) is 67.2 Å². The molecule has 0 N–H and O–H groups in total. The second-order valence-corrected chi connectivity index (χ2v) is 5.95. The van der Waals surface area contributed by atoms with Crippen molar-refractivity contribution >= 4 is 0 Å². The summed E-state index contributed by atoms with van der Waals surface area (Å²) in [5.41, 5.74) is 0.809. The molecule has 2 saturated carbocycles. The van der Waals surface area contributed by atoms with Crippen molar-refractivity contribution in [3.05, 3.63) is 0 Å². The van der Waals surface area contributed by atoms with Gasteiger partial charge in [-0.25, -0.2) is 0 Å². The summed E-state index contributed by atoms with van der Waals surface area (Å²) in [7, 11) is 0. The first-order chi connectivity index (χ1) is 8.76. The van der Waals surface area contributed by atoms with Crippen LogP contribution in [-0.2, 0) is 0 Å². The van der Waals surface area contributed by atoms with Crippen LogP contribution < -0.4 is 0 Å². The van der Waals surface area contributed by atoms with E-state index >= 15 is 0 Å². The molecule has 0 aromatic rings. The summed E-state index contributed by atoms with van der Waals surface area (Å²) in [5, 5.41) is 0. The monoisotopic (exact) mass is 254 g/mol.